The van der Waals surface area contributed by atoms with Gasteiger partial charge in [0, 0.05) is 27.9 Å². The van der Waals surface area contributed by atoms with Crippen molar-refractivity contribution in [2.24, 2.45) is 0 Å². The van der Waals surface area contributed by atoms with Gasteiger partial charge in [-0.05, 0) is 30.3 Å². The van der Waals surface area contributed by atoms with Crippen LogP contribution in [0.3, 0.4) is 0 Å². The fraction of sp³-hybridized carbons (Fsp3) is 0. The van der Waals surface area contributed by atoms with Gasteiger partial charge in [0.2, 0.25) is 0 Å². The summed E-state index contributed by atoms with van der Waals surface area (Å²) in [5.74, 6) is 0. The number of nitrogens with zero attached hydrogens (tertiary/aromatic N) is 2. The summed E-state index contributed by atoms with van der Waals surface area (Å²) in [6, 6.07) is 15.6. The standard InChI is InChI=1S/C17H10N2O/c20-10-12-3-1-5-15-14(12)8-13-7-11-4-2-6-18-16(11)9-17(13)19-15/h1-10H. The Morgan fingerprint density at radius 3 is 2.70 bits per heavy atom. The van der Waals surface area contributed by atoms with E-state index in [-0.39, 0.29) is 0 Å². The molecule has 0 saturated heterocycles. The Bertz CT molecular complexity index is 976. The Balaban J connectivity index is 2.18. The molecule has 0 aliphatic rings. The lowest BCUT2D eigenvalue weighted by atomic mass is 10.0. The van der Waals surface area contributed by atoms with Gasteiger partial charge in [-0.3, -0.25) is 9.78 Å². The fourth-order valence-electron chi connectivity index (χ4n) is 2.55. The van der Waals surface area contributed by atoms with Gasteiger partial charge in [-0.1, -0.05) is 18.2 Å². The number of aldehydes is 1. The number of pyridine rings is 2. The summed E-state index contributed by atoms with van der Waals surface area (Å²) in [5.41, 5.74) is 3.32. The zero-order chi connectivity index (χ0) is 13.5. The molecule has 20 heavy (non-hydrogen) atoms. The molecular formula is C17H10N2O. The molecule has 0 bridgehead atoms. The Morgan fingerprint density at radius 2 is 1.80 bits per heavy atom. The van der Waals surface area contributed by atoms with Crippen LogP contribution in [0, 0.1) is 0 Å². The molecule has 4 aromatic rings. The molecule has 4 rings (SSSR count). The molecule has 3 nitrogen and oxygen atoms in total. The molecule has 0 aliphatic heterocycles. The molecule has 0 amide bonds. The van der Waals surface area contributed by atoms with Gasteiger partial charge in [-0.25, -0.2) is 4.98 Å². The first-order valence-electron chi connectivity index (χ1n) is 6.38. The van der Waals surface area contributed by atoms with Crippen LogP contribution in [0.15, 0.2) is 54.7 Å². The zero-order valence-corrected chi connectivity index (χ0v) is 10.6. The summed E-state index contributed by atoms with van der Waals surface area (Å²) in [6.45, 7) is 0. The minimum atomic E-state index is 0.670. The molecule has 0 fully saturated rings. The first-order chi connectivity index (χ1) is 9.85. The van der Waals surface area contributed by atoms with E-state index >= 15 is 0 Å². The summed E-state index contributed by atoms with van der Waals surface area (Å²) >= 11 is 0. The lowest BCUT2D eigenvalue weighted by molar-refractivity contribution is 0.112. The number of aromatic nitrogens is 2. The lowest BCUT2D eigenvalue weighted by Gasteiger charge is -2.05. The largest absolute Gasteiger partial charge is 0.298 e. The molecule has 3 heteroatoms. The van der Waals surface area contributed by atoms with Crippen molar-refractivity contribution in [2.45, 2.75) is 0 Å². The minimum absolute atomic E-state index is 0.670. The number of carbonyl (C=O) groups is 1. The van der Waals surface area contributed by atoms with E-state index in [2.05, 4.69) is 16.0 Å². The van der Waals surface area contributed by atoms with Gasteiger partial charge in [0.25, 0.3) is 0 Å². The predicted molar refractivity (Wildman–Crippen MR) is 79.9 cm³/mol. The Kier molecular flexibility index (Phi) is 2.27. The van der Waals surface area contributed by atoms with E-state index < -0.39 is 0 Å². The topological polar surface area (TPSA) is 42.9 Å². The third-order valence-electron chi connectivity index (χ3n) is 3.54. The molecule has 2 heterocycles. The highest BCUT2D eigenvalue weighted by molar-refractivity contribution is 6.04. The van der Waals surface area contributed by atoms with Crippen LogP contribution in [0.1, 0.15) is 10.4 Å². The maximum atomic E-state index is 11.1. The zero-order valence-electron chi connectivity index (χ0n) is 10.6. The van der Waals surface area contributed by atoms with E-state index in [1.165, 1.54) is 0 Å². The fourth-order valence-corrected chi connectivity index (χ4v) is 2.55. The summed E-state index contributed by atoms with van der Waals surface area (Å²) in [5, 5.41) is 2.98. The summed E-state index contributed by atoms with van der Waals surface area (Å²) in [6.07, 6.45) is 2.65. The Hall–Kier alpha value is -2.81. The van der Waals surface area contributed by atoms with E-state index in [0.717, 1.165) is 39.0 Å². The summed E-state index contributed by atoms with van der Waals surface area (Å²) < 4.78 is 0. The molecular weight excluding hydrogens is 248 g/mol. The van der Waals surface area contributed by atoms with Crippen molar-refractivity contribution in [2.75, 3.05) is 0 Å². The number of benzene rings is 2. The van der Waals surface area contributed by atoms with Crippen LogP contribution in [0.4, 0.5) is 0 Å². The molecule has 0 saturated carbocycles. The molecule has 2 aromatic carbocycles. The van der Waals surface area contributed by atoms with Crippen molar-refractivity contribution in [1.29, 1.82) is 0 Å². The number of rotatable bonds is 1. The van der Waals surface area contributed by atoms with Crippen LogP contribution >= 0.6 is 0 Å². The van der Waals surface area contributed by atoms with E-state index in [4.69, 9.17) is 0 Å². The van der Waals surface area contributed by atoms with Gasteiger partial charge in [-0.2, -0.15) is 0 Å². The number of hydrogen-bond donors (Lipinski definition) is 0. The summed E-state index contributed by atoms with van der Waals surface area (Å²) in [4.78, 5) is 20.1. The van der Waals surface area contributed by atoms with Crippen molar-refractivity contribution in [3.63, 3.8) is 0 Å². The summed E-state index contributed by atoms with van der Waals surface area (Å²) in [7, 11) is 0. The maximum absolute atomic E-state index is 11.1. The van der Waals surface area contributed by atoms with E-state index in [1.54, 1.807) is 6.20 Å². The van der Waals surface area contributed by atoms with Crippen LogP contribution < -0.4 is 0 Å². The normalized spacial score (nSPS) is 11.2. The van der Waals surface area contributed by atoms with Crippen LogP contribution in [-0.2, 0) is 0 Å². The maximum Gasteiger partial charge on any atom is 0.150 e. The van der Waals surface area contributed by atoms with Crippen molar-refractivity contribution in [1.82, 2.24) is 9.97 Å². The van der Waals surface area contributed by atoms with Gasteiger partial charge in [-0.15, -0.1) is 0 Å². The molecule has 0 atom stereocenters. The molecule has 0 N–H and O–H groups in total. The second-order valence-corrected chi connectivity index (χ2v) is 4.76. The average Bonchev–Trinajstić information content (AvgIpc) is 2.50. The van der Waals surface area contributed by atoms with Gasteiger partial charge in [0.05, 0.1) is 16.6 Å². The molecule has 0 spiro atoms. The molecule has 0 unspecified atom stereocenters. The third-order valence-corrected chi connectivity index (χ3v) is 3.54. The van der Waals surface area contributed by atoms with Crippen molar-refractivity contribution >= 4 is 39.0 Å². The molecule has 2 aromatic heterocycles. The van der Waals surface area contributed by atoms with E-state index in [9.17, 15) is 4.79 Å². The first-order valence-corrected chi connectivity index (χ1v) is 6.38. The average molecular weight is 258 g/mol. The van der Waals surface area contributed by atoms with Gasteiger partial charge in [0.1, 0.15) is 0 Å². The van der Waals surface area contributed by atoms with Crippen LogP contribution in [-0.4, -0.2) is 16.3 Å². The second-order valence-electron chi connectivity index (χ2n) is 4.76. The van der Waals surface area contributed by atoms with Gasteiger partial charge < -0.3 is 0 Å². The lowest BCUT2D eigenvalue weighted by Crippen LogP contribution is -1.88. The molecule has 0 radical (unpaired) electrons. The Morgan fingerprint density at radius 1 is 0.850 bits per heavy atom. The van der Waals surface area contributed by atoms with Gasteiger partial charge in [0.15, 0.2) is 6.29 Å². The highest BCUT2D eigenvalue weighted by Crippen LogP contribution is 2.25. The van der Waals surface area contributed by atoms with Crippen molar-refractivity contribution in [3.8, 4) is 0 Å². The van der Waals surface area contributed by atoms with Crippen molar-refractivity contribution < 1.29 is 4.79 Å². The third kappa shape index (κ3) is 1.57. The van der Waals surface area contributed by atoms with Crippen LogP contribution in [0.5, 0.6) is 0 Å². The monoisotopic (exact) mass is 258 g/mol. The smallest absolute Gasteiger partial charge is 0.150 e. The van der Waals surface area contributed by atoms with Crippen LogP contribution in [0.2, 0.25) is 0 Å². The minimum Gasteiger partial charge on any atom is -0.298 e. The van der Waals surface area contributed by atoms with Gasteiger partial charge >= 0.3 is 0 Å². The van der Waals surface area contributed by atoms with Crippen molar-refractivity contribution in [3.05, 3.63) is 60.3 Å². The second kappa shape index (κ2) is 4.10. The molecule has 0 aliphatic carbocycles. The molecule has 94 valence electrons. The highest BCUT2D eigenvalue weighted by atomic mass is 16.1. The number of carbonyl (C=O) groups excluding carboxylic acids is 1. The number of hydrogen-bond acceptors (Lipinski definition) is 3. The quantitative estimate of drug-likeness (QED) is 0.386. The van der Waals surface area contributed by atoms with E-state index in [1.807, 2.05) is 42.5 Å². The van der Waals surface area contributed by atoms with Crippen LogP contribution in [0.25, 0.3) is 32.7 Å². The highest BCUT2D eigenvalue weighted by Gasteiger charge is 2.05. The number of fused-ring (bicyclic) bond motifs is 3. The SMILES string of the molecule is O=Cc1cccc2nc3cc4ncccc4cc3cc12. The Labute approximate surface area is 114 Å². The van der Waals surface area contributed by atoms with E-state index in [0.29, 0.717) is 5.56 Å². The first kappa shape index (κ1) is 11.1. The predicted octanol–water partition coefficient (Wildman–Crippen LogP) is 3.75.